The van der Waals surface area contributed by atoms with Crippen LogP contribution in [0.3, 0.4) is 0 Å². The summed E-state index contributed by atoms with van der Waals surface area (Å²) in [6.45, 7) is 2.16. The highest BCUT2D eigenvalue weighted by Crippen LogP contribution is 2.17. The first kappa shape index (κ1) is 12.0. The van der Waals surface area contributed by atoms with Gasteiger partial charge in [-0.1, -0.05) is 31.9 Å². The van der Waals surface area contributed by atoms with Crippen LogP contribution in [0.5, 0.6) is 0 Å². The first-order valence-corrected chi connectivity index (χ1v) is 5.65. The van der Waals surface area contributed by atoms with Gasteiger partial charge in [0.05, 0.1) is 5.92 Å². The highest BCUT2D eigenvalue weighted by Gasteiger charge is 2.26. The van der Waals surface area contributed by atoms with Gasteiger partial charge in [0.25, 0.3) is 0 Å². The lowest BCUT2D eigenvalue weighted by molar-refractivity contribution is -0.165. The van der Waals surface area contributed by atoms with E-state index in [1.54, 1.807) is 0 Å². The molecule has 15 heavy (non-hydrogen) atoms. The van der Waals surface area contributed by atoms with E-state index < -0.39 is 11.9 Å². The molecule has 1 rings (SSSR count). The third kappa shape index (κ3) is 4.28. The molecule has 1 aliphatic heterocycles. The average Bonchev–Trinajstić information content (AvgIpc) is 2.20. The van der Waals surface area contributed by atoms with Gasteiger partial charge in [-0.3, -0.25) is 9.59 Å². The summed E-state index contributed by atoms with van der Waals surface area (Å²) in [4.78, 5) is 22.0. The molecule has 1 unspecified atom stereocenters. The molecule has 0 bridgehead atoms. The predicted octanol–water partition coefficient (Wildman–Crippen LogP) is 2.60. The van der Waals surface area contributed by atoms with E-state index in [9.17, 15) is 9.59 Å². The summed E-state index contributed by atoms with van der Waals surface area (Å²) in [7, 11) is 0. The zero-order chi connectivity index (χ0) is 11.1. The summed E-state index contributed by atoms with van der Waals surface area (Å²) >= 11 is 0. The number of cyclic esters (lactones) is 2. The molecule has 0 spiro atoms. The van der Waals surface area contributed by atoms with Gasteiger partial charge in [-0.2, -0.15) is 0 Å². The van der Waals surface area contributed by atoms with E-state index in [4.69, 9.17) is 0 Å². The molecule has 0 saturated carbocycles. The van der Waals surface area contributed by atoms with Crippen LogP contribution in [0.4, 0.5) is 0 Å². The zero-order valence-electron chi connectivity index (χ0n) is 9.20. The lowest BCUT2D eigenvalue weighted by atomic mass is 10.00. The molecule has 0 aliphatic carbocycles. The summed E-state index contributed by atoms with van der Waals surface area (Å²) in [5, 5.41) is 0. The van der Waals surface area contributed by atoms with Crippen molar-refractivity contribution in [2.45, 2.75) is 45.4 Å². The van der Waals surface area contributed by atoms with Crippen molar-refractivity contribution in [3.05, 3.63) is 12.2 Å². The quantitative estimate of drug-likeness (QED) is 0.303. The molecule has 0 amide bonds. The number of carbonyl (C=O) groups excluding carboxylic acids is 2. The number of hydrogen-bond acceptors (Lipinski definition) is 3. The Morgan fingerprint density at radius 1 is 1.40 bits per heavy atom. The zero-order valence-corrected chi connectivity index (χ0v) is 9.20. The Kier molecular flexibility index (Phi) is 5.08. The number of hydrogen-bond donors (Lipinski definition) is 0. The van der Waals surface area contributed by atoms with E-state index in [1.165, 1.54) is 12.8 Å². The maximum atomic E-state index is 11.2. The van der Waals surface area contributed by atoms with Gasteiger partial charge >= 0.3 is 11.9 Å². The highest BCUT2D eigenvalue weighted by atomic mass is 16.6. The molecule has 1 aliphatic rings. The standard InChI is InChI=1S/C12H18O3/c1-2-3-4-5-6-7-10-8-9-11(13)15-12(10)14/h6-7,10H,2-5,8-9H2,1H3. The molecule has 0 aromatic carbocycles. The monoisotopic (exact) mass is 210 g/mol. The third-order valence-corrected chi connectivity index (χ3v) is 2.52. The second-order valence-electron chi connectivity index (χ2n) is 3.86. The highest BCUT2D eigenvalue weighted by molar-refractivity contribution is 5.90. The summed E-state index contributed by atoms with van der Waals surface area (Å²) in [6, 6.07) is 0. The number of unbranched alkanes of at least 4 members (excludes halogenated alkanes) is 3. The fourth-order valence-electron chi connectivity index (χ4n) is 1.58. The molecule has 3 nitrogen and oxygen atoms in total. The topological polar surface area (TPSA) is 43.4 Å². The van der Waals surface area contributed by atoms with Crippen LogP contribution in [0.25, 0.3) is 0 Å². The van der Waals surface area contributed by atoms with Gasteiger partial charge < -0.3 is 4.74 Å². The van der Waals surface area contributed by atoms with E-state index >= 15 is 0 Å². The van der Waals surface area contributed by atoms with Crippen LogP contribution in [0.15, 0.2) is 12.2 Å². The Balaban J connectivity index is 2.25. The van der Waals surface area contributed by atoms with Crippen molar-refractivity contribution >= 4 is 11.9 Å². The maximum absolute atomic E-state index is 11.2. The van der Waals surface area contributed by atoms with E-state index in [0.717, 1.165) is 12.8 Å². The normalized spacial score (nSPS) is 22.1. The minimum absolute atomic E-state index is 0.204. The molecule has 1 fully saturated rings. The van der Waals surface area contributed by atoms with Crippen LogP contribution < -0.4 is 0 Å². The summed E-state index contributed by atoms with van der Waals surface area (Å²) < 4.78 is 4.55. The molecule has 84 valence electrons. The van der Waals surface area contributed by atoms with Gasteiger partial charge in [-0.25, -0.2) is 0 Å². The first-order chi connectivity index (χ1) is 7.24. The Labute approximate surface area is 90.5 Å². The fourth-order valence-corrected chi connectivity index (χ4v) is 1.58. The van der Waals surface area contributed by atoms with Crippen LogP contribution in [0.1, 0.15) is 45.4 Å². The Morgan fingerprint density at radius 2 is 2.20 bits per heavy atom. The summed E-state index contributed by atoms with van der Waals surface area (Å²) in [6.07, 6.45) is 9.45. The van der Waals surface area contributed by atoms with E-state index in [0.29, 0.717) is 12.8 Å². The van der Waals surface area contributed by atoms with E-state index in [2.05, 4.69) is 11.7 Å². The smallest absolute Gasteiger partial charge is 0.320 e. The molecule has 0 N–H and O–H groups in total. The Morgan fingerprint density at radius 3 is 2.87 bits per heavy atom. The largest absolute Gasteiger partial charge is 0.393 e. The van der Waals surface area contributed by atoms with Crippen molar-refractivity contribution in [1.29, 1.82) is 0 Å². The second kappa shape index (κ2) is 6.38. The van der Waals surface area contributed by atoms with E-state index in [-0.39, 0.29) is 5.92 Å². The van der Waals surface area contributed by atoms with Crippen LogP contribution in [-0.4, -0.2) is 11.9 Å². The Hall–Kier alpha value is -1.12. The van der Waals surface area contributed by atoms with Crippen molar-refractivity contribution < 1.29 is 14.3 Å². The number of esters is 2. The van der Waals surface area contributed by atoms with Crippen molar-refractivity contribution in [3.63, 3.8) is 0 Å². The lowest BCUT2D eigenvalue weighted by Crippen LogP contribution is -2.26. The van der Waals surface area contributed by atoms with Crippen molar-refractivity contribution in [1.82, 2.24) is 0 Å². The van der Waals surface area contributed by atoms with Crippen molar-refractivity contribution in [2.75, 3.05) is 0 Å². The summed E-state index contributed by atoms with van der Waals surface area (Å²) in [5.74, 6) is -0.988. The van der Waals surface area contributed by atoms with Crippen molar-refractivity contribution in [3.8, 4) is 0 Å². The molecule has 3 heteroatoms. The predicted molar refractivity (Wildman–Crippen MR) is 57.1 cm³/mol. The molecule has 0 radical (unpaired) electrons. The SMILES string of the molecule is CCCCCC=CC1CCC(=O)OC1=O. The molecule has 1 saturated heterocycles. The molecule has 0 aromatic heterocycles. The number of ether oxygens (including phenoxy) is 1. The molecular formula is C12H18O3. The Bertz CT molecular complexity index is 256. The molecule has 0 aromatic rings. The van der Waals surface area contributed by atoms with Crippen LogP contribution in [0, 0.1) is 5.92 Å². The van der Waals surface area contributed by atoms with E-state index in [1.807, 2.05) is 12.2 Å². The molecular weight excluding hydrogens is 192 g/mol. The minimum atomic E-state index is -0.393. The third-order valence-electron chi connectivity index (χ3n) is 2.52. The van der Waals surface area contributed by atoms with Crippen LogP contribution in [0.2, 0.25) is 0 Å². The van der Waals surface area contributed by atoms with Gasteiger partial charge in [0.1, 0.15) is 0 Å². The second-order valence-corrected chi connectivity index (χ2v) is 3.86. The number of allylic oxidation sites excluding steroid dienone is 1. The first-order valence-electron chi connectivity index (χ1n) is 5.65. The van der Waals surface area contributed by atoms with Crippen LogP contribution in [-0.2, 0) is 14.3 Å². The number of carbonyl (C=O) groups is 2. The van der Waals surface area contributed by atoms with Gasteiger partial charge in [0.15, 0.2) is 0 Å². The van der Waals surface area contributed by atoms with Gasteiger partial charge in [0.2, 0.25) is 0 Å². The van der Waals surface area contributed by atoms with Gasteiger partial charge in [-0.15, -0.1) is 0 Å². The number of rotatable bonds is 5. The minimum Gasteiger partial charge on any atom is -0.393 e. The lowest BCUT2D eigenvalue weighted by Gasteiger charge is -2.15. The van der Waals surface area contributed by atoms with Crippen molar-refractivity contribution in [2.24, 2.45) is 5.92 Å². The summed E-state index contributed by atoms with van der Waals surface area (Å²) in [5.41, 5.74) is 0. The molecule has 1 heterocycles. The fraction of sp³-hybridized carbons (Fsp3) is 0.667. The average molecular weight is 210 g/mol. The maximum Gasteiger partial charge on any atom is 0.320 e. The van der Waals surface area contributed by atoms with Gasteiger partial charge in [0, 0.05) is 6.42 Å². The van der Waals surface area contributed by atoms with Crippen LogP contribution >= 0.6 is 0 Å². The van der Waals surface area contributed by atoms with Gasteiger partial charge in [-0.05, 0) is 19.3 Å². The molecule has 1 atom stereocenters.